The van der Waals surface area contributed by atoms with Crippen molar-refractivity contribution in [1.29, 1.82) is 0 Å². The lowest BCUT2D eigenvalue weighted by atomic mass is 10.1. The first kappa shape index (κ1) is 20.4. The molecule has 2 rings (SSSR count). The first-order valence-corrected chi connectivity index (χ1v) is 10.1. The van der Waals surface area contributed by atoms with Crippen molar-refractivity contribution in [1.82, 2.24) is 0 Å². The maximum Gasteiger partial charge on any atom is 0.341 e. The Morgan fingerprint density at radius 3 is 2.33 bits per heavy atom. The minimum absolute atomic E-state index is 0.0223. The maximum atomic E-state index is 12.4. The fourth-order valence-electron chi connectivity index (χ4n) is 2.42. The molecule has 0 aliphatic rings. The van der Waals surface area contributed by atoms with E-state index in [9.17, 15) is 18.0 Å². The summed E-state index contributed by atoms with van der Waals surface area (Å²) in [6.07, 6.45) is -0.0840. The van der Waals surface area contributed by atoms with E-state index in [2.05, 4.69) is 10.0 Å². The molecule has 1 amide bonds. The topological polar surface area (TPSA) is 102 Å². The zero-order valence-corrected chi connectivity index (χ0v) is 16.4. The molecule has 7 nitrogen and oxygen atoms in total. The lowest BCUT2D eigenvalue weighted by molar-refractivity contribution is -0.123. The molecule has 0 heterocycles. The van der Waals surface area contributed by atoms with Crippen molar-refractivity contribution in [2.24, 2.45) is 0 Å². The van der Waals surface area contributed by atoms with Crippen molar-refractivity contribution < 1.29 is 22.7 Å². The molecule has 0 aromatic heterocycles. The van der Waals surface area contributed by atoms with Gasteiger partial charge in [-0.05, 0) is 44.5 Å². The number of nitrogens with one attached hydrogen (secondary N) is 2. The third kappa shape index (κ3) is 5.82. The van der Waals surface area contributed by atoms with Crippen LogP contribution in [0.3, 0.4) is 0 Å². The molecule has 2 N–H and O–H groups in total. The molecule has 0 saturated carbocycles. The summed E-state index contributed by atoms with van der Waals surface area (Å²) in [4.78, 5) is 24.7. The van der Waals surface area contributed by atoms with Crippen LogP contribution >= 0.6 is 0 Å². The van der Waals surface area contributed by atoms with E-state index in [4.69, 9.17) is 4.74 Å². The van der Waals surface area contributed by atoms with E-state index in [0.29, 0.717) is 5.69 Å². The van der Waals surface area contributed by atoms with E-state index in [-0.39, 0.29) is 11.3 Å². The van der Waals surface area contributed by atoms with Gasteiger partial charge >= 0.3 is 5.97 Å². The predicted molar refractivity (Wildman–Crippen MR) is 104 cm³/mol. The van der Waals surface area contributed by atoms with Crippen LogP contribution in [0.1, 0.15) is 28.4 Å². The van der Waals surface area contributed by atoms with Gasteiger partial charge in [0.25, 0.3) is 5.91 Å². The molecule has 0 aliphatic heterocycles. The summed E-state index contributed by atoms with van der Waals surface area (Å²) < 4.78 is 30.3. The second-order valence-electron chi connectivity index (χ2n) is 6.27. The van der Waals surface area contributed by atoms with E-state index in [1.807, 2.05) is 26.0 Å². The Morgan fingerprint density at radius 1 is 1.04 bits per heavy atom. The number of carbonyl (C=O) groups is 2. The Balaban J connectivity index is 2.10. The van der Waals surface area contributed by atoms with Gasteiger partial charge in [-0.25, -0.2) is 13.2 Å². The minimum atomic E-state index is -3.56. The summed E-state index contributed by atoms with van der Waals surface area (Å²) in [5.41, 5.74) is 2.71. The molecule has 27 heavy (non-hydrogen) atoms. The summed E-state index contributed by atoms with van der Waals surface area (Å²) in [6.45, 7) is 5.26. The van der Waals surface area contributed by atoms with Crippen LogP contribution in [0.2, 0.25) is 0 Å². The number of carbonyl (C=O) groups excluding carboxylic acids is 2. The maximum absolute atomic E-state index is 12.4. The standard InChI is InChI=1S/C19H22N2O5S/c1-12-9-10-16(13(2)11-12)20-18(22)14(3)26-19(23)15-7-5-6-8-17(15)21-27(4,24)25/h5-11,14,21H,1-4H3,(H,20,22)/t14-/m0/s1. The van der Waals surface area contributed by atoms with Gasteiger partial charge in [0.15, 0.2) is 6.10 Å². The highest BCUT2D eigenvalue weighted by Gasteiger charge is 2.22. The highest BCUT2D eigenvalue weighted by atomic mass is 32.2. The highest BCUT2D eigenvalue weighted by molar-refractivity contribution is 7.92. The number of sulfonamides is 1. The molecule has 0 bridgehead atoms. The van der Waals surface area contributed by atoms with Gasteiger partial charge in [0, 0.05) is 5.69 Å². The van der Waals surface area contributed by atoms with E-state index in [1.165, 1.54) is 19.1 Å². The summed E-state index contributed by atoms with van der Waals surface area (Å²) in [5.74, 6) is -1.28. The van der Waals surface area contributed by atoms with Crippen LogP contribution in [0.4, 0.5) is 11.4 Å². The fraction of sp³-hybridized carbons (Fsp3) is 0.263. The molecule has 0 saturated heterocycles. The summed E-state index contributed by atoms with van der Waals surface area (Å²) in [7, 11) is -3.56. The van der Waals surface area contributed by atoms with Gasteiger partial charge in [0.05, 0.1) is 17.5 Å². The average Bonchev–Trinajstić information content (AvgIpc) is 2.56. The van der Waals surface area contributed by atoms with Crippen LogP contribution in [0.15, 0.2) is 42.5 Å². The van der Waals surface area contributed by atoms with Crippen LogP contribution in [-0.2, 0) is 19.6 Å². The fourth-order valence-corrected chi connectivity index (χ4v) is 2.99. The van der Waals surface area contributed by atoms with Gasteiger partial charge < -0.3 is 10.1 Å². The van der Waals surface area contributed by atoms with E-state index in [1.54, 1.807) is 18.2 Å². The molecule has 0 radical (unpaired) electrons. The first-order valence-electron chi connectivity index (χ1n) is 8.23. The Labute approximate surface area is 158 Å². The molecule has 1 atom stereocenters. The molecular weight excluding hydrogens is 368 g/mol. The smallest absolute Gasteiger partial charge is 0.341 e. The number of esters is 1. The molecule has 8 heteroatoms. The number of hydrogen-bond acceptors (Lipinski definition) is 5. The van der Waals surface area contributed by atoms with Crippen molar-refractivity contribution in [3.8, 4) is 0 Å². The molecule has 2 aromatic rings. The quantitative estimate of drug-likeness (QED) is 0.739. The minimum Gasteiger partial charge on any atom is -0.449 e. The highest BCUT2D eigenvalue weighted by Crippen LogP contribution is 2.19. The number of aryl methyl sites for hydroxylation is 2. The molecule has 0 unspecified atom stereocenters. The lowest BCUT2D eigenvalue weighted by Gasteiger charge is -2.16. The molecule has 0 fully saturated rings. The predicted octanol–water partition coefficient (Wildman–Crippen LogP) is 2.86. The van der Waals surface area contributed by atoms with Gasteiger partial charge in [-0.1, -0.05) is 29.8 Å². The van der Waals surface area contributed by atoms with Crippen molar-refractivity contribution in [3.05, 3.63) is 59.2 Å². The summed E-state index contributed by atoms with van der Waals surface area (Å²) in [6, 6.07) is 11.6. The number of amides is 1. The van der Waals surface area contributed by atoms with Crippen LogP contribution in [0.25, 0.3) is 0 Å². The number of ether oxygens (including phenoxy) is 1. The van der Waals surface area contributed by atoms with Gasteiger partial charge in [0.2, 0.25) is 10.0 Å². The van der Waals surface area contributed by atoms with E-state index < -0.39 is 28.0 Å². The number of benzene rings is 2. The number of para-hydroxylation sites is 1. The second kappa shape index (κ2) is 8.22. The Kier molecular flexibility index (Phi) is 6.22. The number of hydrogen-bond donors (Lipinski definition) is 2. The van der Waals surface area contributed by atoms with Gasteiger partial charge in [-0.15, -0.1) is 0 Å². The molecule has 0 spiro atoms. The monoisotopic (exact) mass is 390 g/mol. The van der Waals surface area contributed by atoms with Gasteiger partial charge in [-0.2, -0.15) is 0 Å². The zero-order chi connectivity index (χ0) is 20.2. The van der Waals surface area contributed by atoms with Crippen LogP contribution < -0.4 is 10.0 Å². The third-order valence-electron chi connectivity index (χ3n) is 3.74. The normalized spacial score (nSPS) is 12.1. The van der Waals surface area contributed by atoms with Crippen LogP contribution in [0.5, 0.6) is 0 Å². The molecule has 2 aromatic carbocycles. The van der Waals surface area contributed by atoms with Crippen molar-refractivity contribution in [3.63, 3.8) is 0 Å². The Morgan fingerprint density at radius 2 is 1.70 bits per heavy atom. The van der Waals surface area contributed by atoms with Gasteiger partial charge in [-0.3, -0.25) is 9.52 Å². The zero-order valence-electron chi connectivity index (χ0n) is 15.6. The van der Waals surface area contributed by atoms with Gasteiger partial charge in [0.1, 0.15) is 0 Å². The average molecular weight is 390 g/mol. The second-order valence-corrected chi connectivity index (χ2v) is 8.02. The lowest BCUT2D eigenvalue weighted by Crippen LogP contribution is -2.30. The third-order valence-corrected chi connectivity index (χ3v) is 4.33. The molecular formula is C19H22N2O5S. The van der Waals surface area contributed by atoms with Crippen LogP contribution in [-0.4, -0.2) is 32.7 Å². The largest absolute Gasteiger partial charge is 0.449 e. The Hall–Kier alpha value is -2.87. The van der Waals surface area contributed by atoms with Crippen LogP contribution in [0, 0.1) is 13.8 Å². The number of anilines is 2. The molecule has 0 aliphatic carbocycles. The van der Waals surface area contributed by atoms with Crippen molar-refractivity contribution in [2.75, 3.05) is 16.3 Å². The summed E-state index contributed by atoms with van der Waals surface area (Å²) >= 11 is 0. The van der Waals surface area contributed by atoms with E-state index in [0.717, 1.165) is 17.4 Å². The van der Waals surface area contributed by atoms with E-state index >= 15 is 0 Å². The number of rotatable bonds is 6. The van der Waals surface area contributed by atoms with Crippen molar-refractivity contribution in [2.45, 2.75) is 26.9 Å². The van der Waals surface area contributed by atoms with Crippen molar-refractivity contribution >= 4 is 33.3 Å². The molecule has 144 valence electrons. The Bertz CT molecular complexity index is 970. The first-order chi connectivity index (χ1) is 12.6. The summed E-state index contributed by atoms with van der Waals surface area (Å²) in [5, 5.41) is 2.72. The SMILES string of the molecule is Cc1ccc(NC(=O)[C@H](C)OC(=O)c2ccccc2NS(C)(=O)=O)c(C)c1.